The van der Waals surface area contributed by atoms with Gasteiger partial charge in [-0.2, -0.15) is 0 Å². The highest BCUT2D eigenvalue weighted by atomic mass is 32.2. The zero-order chi connectivity index (χ0) is 21.2. The van der Waals surface area contributed by atoms with Gasteiger partial charge in [-0.15, -0.1) is 11.8 Å². The van der Waals surface area contributed by atoms with Gasteiger partial charge in [0.2, 0.25) is 0 Å². The summed E-state index contributed by atoms with van der Waals surface area (Å²) in [6, 6.07) is 25.2. The molecule has 3 aromatic carbocycles. The zero-order valence-electron chi connectivity index (χ0n) is 18.4. The first-order valence-corrected chi connectivity index (χ1v) is 13.3. The van der Waals surface area contributed by atoms with Crippen molar-refractivity contribution in [2.75, 3.05) is 31.3 Å². The summed E-state index contributed by atoms with van der Waals surface area (Å²) in [5.41, 5.74) is 5.43. The van der Waals surface area contributed by atoms with E-state index in [4.69, 9.17) is 0 Å². The van der Waals surface area contributed by atoms with E-state index >= 15 is 0 Å². The molecule has 0 bridgehead atoms. The van der Waals surface area contributed by atoms with Gasteiger partial charge in [0.15, 0.2) is 0 Å². The molecule has 0 aromatic heterocycles. The Kier molecular flexibility index (Phi) is 6.31. The summed E-state index contributed by atoms with van der Waals surface area (Å²) in [5, 5.41) is 0. The fourth-order valence-corrected chi connectivity index (χ4v) is 6.72. The summed E-state index contributed by atoms with van der Waals surface area (Å²) < 4.78 is 0. The average Bonchev–Trinajstić information content (AvgIpc) is 2.82. The molecule has 160 valence electrons. The summed E-state index contributed by atoms with van der Waals surface area (Å²) in [7, 11) is 2.30. The Morgan fingerprint density at radius 2 is 1.74 bits per heavy atom. The van der Waals surface area contributed by atoms with Crippen LogP contribution in [0.5, 0.6) is 0 Å². The van der Waals surface area contributed by atoms with Crippen molar-refractivity contribution in [3.05, 3.63) is 66.7 Å². The lowest BCUT2D eigenvalue weighted by Gasteiger charge is -2.38. The molecule has 4 heteroatoms. The number of benzene rings is 3. The predicted molar refractivity (Wildman–Crippen MR) is 136 cm³/mol. The Hall–Kier alpha value is -1.88. The molecule has 0 aliphatic carbocycles. The number of piperidine rings is 1. The molecule has 31 heavy (non-hydrogen) atoms. The highest BCUT2D eigenvalue weighted by Crippen LogP contribution is 2.53. The minimum absolute atomic E-state index is 0.683. The van der Waals surface area contributed by atoms with Gasteiger partial charge < -0.3 is 9.80 Å². The molecule has 0 N–H and O–H groups in total. The lowest BCUT2D eigenvalue weighted by Crippen LogP contribution is -2.38. The lowest BCUT2D eigenvalue weighted by molar-refractivity contribution is 0.178. The maximum Gasteiger partial charge on any atom is 0.0643 e. The molecule has 0 spiro atoms. The van der Waals surface area contributed by atoms with Crippen LogP contribution in [0.25, 0.3) is 11.1 Å². The van der Waals surface area contributed by atoms with Crippen molar-refractivity contribution >= 4 is 34.9 Å². The Labute approximate surface area is 195 Å². The number of hydrogen-bond donors (Lipinski definition) is 0. The maximum atomic E-state index is 2.62. The Morgan fingerprint density at radius 3 is 2.55 bits per heavy atom. The van der Waals surface area contributed by atoms with Crippen molar-refractivity contribution in [2.24, 2.45) is 0 Å². The molecule has 2 nitrogen and oxygen atoms in total. The van der Waals surface area contributed by atoms with Crippen LogP contribution in [0.2, 0.25) is 0 Å². The first kappa shape index (κ1) is 21.0. The molecular formula is C27H30N2S2. The van der Waals surface area contributed by atoms with E-state index in [9.17, 15) is 0 Å². The summed E-state index contributed by atoms with van der Waals surface area (Å²) in [6.07, 6.45) is 7.42. The van der Waals surface area contributed by atoms with Gasteiger partial charge >= 0.3 is 0 Å². The van der Waals surface area contributed by atoms with Gasteiger partial charge in [-0.1, -0.05) is 60.6 Å². The van der Waals surface area contributed by atoms with Crippen LogP contribution < -0.4 is 4.90 Å². The normalized spacial score (nSPS) is 18.5. The van der Waals surface area contributed by atoms with Gasteiger partial charge in [0, 0.05) is 32.8 Å². The second-order valence-electron chi connectivity index (χ2n) is 8.50. The monoisotopic (exact) mass is 446 g/mol. The summed E-state index contributed by atoms with van der Waals surface area (Å²) in [6.45, 7) is 2.29. The molecular weight excluding hydrogens is 416 g/mol. The number of thioether (sulfide) groups is 1. The Morgan fingerprint density at radius 1 is 0.935 bits per heavy atom. The first-order valence-electron chi connectivity index (χ1n) is 11.3. The van der Waals surface area contributed by atoms with Crippen molar-refractivity contribution in [1.82, 2.24) is 4.90 Å². The highest BCUT2D eigenvalue weighted by Gasteiger charge is 2.29. The lowest BCUT2D eigenvalue weighted by atomic mass is 9.98. The van der Waals surface area contributed by atoms with E-state index in [0.29, 0.717) is 6.04 Å². The predicted octanol–water partition coefficient (Wildman–Crippen LogP) is 7.55. The number of para-hydroxylation sites is 1. The molecule has 0 radical (unpaired) electrons. The number of hydrogen-bond acceptors (Lipinski definition) is 4. The van der Waals surface area contributed by atoms with Gasteiger partial charge in [0.05, 0.1) is 11.4 Å². The van der Waals surface area contributed by atoms with Crippen LogP contribution in [0, 0.1) is 0 Å². The molecule has 5 rings (SSSR count). The van der Waals surface area contributed by atoms with Crippen LogP contribution in [-0.4, -0.2) is 37.3 Å². The van der Waals surface area contributed by atoms with Crippen molar-refractivity contribution in [3.8, 4) is 11.1 Å². The van der Waals surface area contributed by atoms with E-state index in [1.54, 1.807) is 0 Å². The zero-order valence-corrected chi connectivity index (χ0v) is 20.0. The number of nitrogens with zero attached hydrogens (tertiary/aromatic N) is 2. The molecule has 1 saturated heterocycles. The molecule has 0 saturated carbocycles. The Bertz CT molecular complexity index is 1050. The fraction of sp³-hybridized carbons (Fsp3) is 0.333. The van der Waals surface area contributed by atoms with Crippen LogP contribution in [0.1, 0.15) is 25.7 Å². The van der Waals surface area contributed by atoms with Crippen LogP contribution >= 0.6 is 23.5 Å². The second-order valence-corrected chi connectivity index (χ2v) is 10.4. The largest absolute Gasteiger partial charge is 0.339 e. The minimum Gasteiger partial charge on any atom is -0.339 e. The van der Waals surface area contributed by atoms with Gasteiger partial charge in [-0.25, -0.2) is 0 Å². The molecule has 2 heterocycles. The van der Waals surface area contributed by atoms with Crippen LogP contribution in [0.3, 0.4) is 0 Å². The third-order valence-corrected chi connectivity index (χ3v) is 8.53. The topological polar surface area (TPSA) is 6.48 Å². The van der Waals surface area contributed by atoms with Crippen LogP contribution in [0.15, 0.2) is 81.4 Å². The molecule has 1 atom stereocenters. The third kappa shape index (κ3) is 4.13. The number of anilines is 2. The first-order chi connectivity index (χ1) is 15.3. The van der Waals surface area contributed by atoms with Gasteiger partial charge in [-0.05, 0) is 68.9 Å². The number of likely N-dealkylation sites (tertiary alicyclic amines) is 1. The van der Waals surface area contributed by atoms with Crippen molar-refractivity contribution in [2.45, 2.75) is 46.4 Å². The highest BCUT2D eigenvalue weighted by molar-refractivity contribution is 8.00. The number of fused-ring (bicyclic) bond motifs is 2. The van der Waals surface area contributed by atoms with Gasteiger partial charge in [0.25, 0.3) is 0 Å². The van der Waals surface area contributed by atoms with E-state index in [-0.39, 0.29) is 0 Å². The summed E-state index contributed by atoms with van der Waals surface area (Å²) in [5.74, 6) is 0. The van der Waals surface area contributed by atoms with Gasteiger partial charge in [0.1, 0.15) is 0 Å². The van der Waals surface area contributed by atoms with Crippen molar-refractivity contribution in [3.63, 3.8) is 0 Å². The molecule has 3 aromatic rings. The molecule has 1 unspecified atom stereocenters. The quantitative estimate of drug-likeness (QED) is 0.373. The summed E-state index contributed by atoms with van der Waals surface area (Å²) in [4.78, 5) is 9.27. The third-order valence-electron chi connectivity index (χ3n) is 6.64. The van der Waals surface area contributed by atoms with E-state index in [1.807, 2.05) is 23.5 Å². The standard InChI is InChI=1S/C27H30N2S2/c1-28-18-9-8-12-21(28)17-19-29-22-13-6-7-14-23(22)31-25-16-15-24(30-2)26(27(25)29)20-10-4-3-5-11-20/h3-7,10-11,13-16,21H,8-9,12,17-19H2,1-2H3. The van der Waals surface area contributed by atoms with E-state index in [1.165, 1.54) is 69.4 Å². The van der Waals surface area contributed by atoms with E-state index in [2.05, 4.69) is 89.8 Å². The van der Waals surface area contributed by atoms with Gasteiger partial charge in [-0.3, -0.25) is 0 Å². The molecule has 2 aliphatic rings. The molecule has 1 fully saturated rings. The number of rotatable bonds is 5. The smallest absolute Gasteiger partial charge is 0.0643 e. The van der Waals surface area contributed by atoms with E-state index < -0.39 is 0 Å². The SMILES string of the molecule is CSc1ccc2c(c1-c1ccccc1)N(CCC1CCCCN1C)c1ccccc1S2. The molecule has 0 amide bonds. The van der Waals surface area contributed by atoms with Crippen LogP contribution in [-0.2, 0) is 0 Å². The Balaban J connectivity index is 1.61. The maximum absolute atomic E-state index is 2.62. The minimum atomic E-state index is 0.683. The van der Waals surface area contributed by atoms with Crippen molar-refractivity contribution in [1.29, 1.82) is 0 Å². The average molecular weight is 447 g/mol. The van der Waals surface area contributed by atoms with Crippen LogP contribution in [0.4, 0.5) is 11.4 Å². The second kappa shape index (κ2) is 9.32. The van der Waals surface area contributed by atoms with Crippen molar-refractivity contribution < 1.29 is 0 Å². The summed E-state index contributed by atoms with van der Waals surface area (Å²) >= 11 is 3.76. The fourth-order valence-electron chi connectivity index (χ4n) is 4.98. The van der Waals surface area contributed by atoms with E-state index in [0.717, 1.165) is 6.54 Å². The molecule has 2 aliphatic heterocycles.